The maximum atomic E-state index is 12.7. The molecular weight excluding hydrogens is 378 g/mol. The lowest BCUT2D eigenvalue weighted by molar-refractivity contribution is -0.126. The number of likely N-dealkylation sites (tertiary alicyclic amines) is 1. The number of imidazole rings is 1. The van der Waals surface area contributed by atoms with Crippen molar-refractivity contribution in [2.75, 3.05) is 25.0 Å². The summed E-state index contributed by atoms with van der Waals surface area (Å²) in [4.78, 5) is 31.5. The van der Waals surface area contributed by atoms with Gasteiger partial charge in [0.25, 0.3) is 0 Å². The van der Waals surface area contributed by atoms with Gasteiger partial charge in [-0.15, -0.1) is 0 Å². The van der Waals surface area contributed by atoms with Gasteiger partial charge in [0.15, 0.2) is 0 Å². The van der Waals surface area contributed by atoms with Crippen molar-refractivity contribution in [3.8, 4) is 0 Å². The number of aromatic nitrogens is 2. The number of amides is 3. The van der Waals surface area contributed by atoms with Crippen LogP contribution in [0.4, 0.5) is 10.5 Å². The van der Waals surface area contributed by atoms with Crippen LogP contribution in [0.3, 0.4) is 0 Å². The van der Waals surface area contributed by atoms with Crippen molar-refractivity contribution in [2.45, 2.75) is 26.3 Å². The number of nitrogens with zero attached hydrogens (tertiary/aromatic N) is 3. The smallest absolute Gasteiger partial charge is 0.321 e. The number of nitrogens with one attached hydrogen (secondary N) is 2. The largest absolute Gasteiger partial charge is 0.354 e. The first-order valence-corrected chi connectivity index (χ1v) is 10.4. The number of benzene rings is 2. The van der Waals surface area contributed by atoms with Crippen molar-refractivity contribution in [1.29, 1.82) is 0 Å². The van der Waals surface area contributed by atoms with Crippen LogP contribution in [0.5, 0.6) is 0 Å². The summed E-state index contributed by atoms with van der Waals surface area (Å²) in [7, 11) is 0. The molecule has 156 valence electrons. The fourth-order valence-electron chi connectivity index (χ4n) is 4.01. The molecule has 1 aliphatic heterocycles. The highest BCUT2D eigenvalue weighted by atomic mass is 16.2. The zero-order valence-corrected chi connectivity index (χ0v) is 17.2. The van der Waals surface area contributed by atoms with Crippen molar-refractivity contribution in [3.05, 3.63) is 60.4 Å². The Morgan fingerprint density at radius 3 is 2.70 bits per heavy atom. The lowest BCUT2D eigenvalue weighted by Gasteiger charge is -2.32. The fourth-order valence-corrected chi connectivity index (χ4v) is 4.01. The zero-order valence-electron chi connectivity index (χ0n) is 17.2. The Labute approximate surface area is 176 Å². The van der Waals surface area contributed by atoms with Crippen LogP contribution in [-0.4, -0.2) is 46.0 Å². The molecule has 0 saturated carbocycles. The van der Waals surface area contributed by atoms with Crippen LogP contribution in [-0.2, 0) is 11.3 Å². The van der Waals surface area contributed by atoms with Gasteiger partial charge < -0.3 is 20.1 Å². The minimum atomic E-state index is -0.180. The molecular formula is C23H27N5O2. The highest BCUT2D eigenvalue weighted by Crippen LogP contribution is 2.19. The Morgan fingerprint density at radius 2 is 1.87 bits per heavy atom. The number of hydrogen-bond donors (Lipinski definition) is 2. The molecule has 1 unspecified atom stereocenters. The van der Waals surface area contributed by atoms with Crippen LogP contribution in [0.1, 0.15) is 18.7 Å². The molecule has 2 N–H and O–H groups in total. The molecule has 0 aliphatic carbocycles. The van der Waals surface area contributed by atoms with E-state index in [1.54, 1.807) is 4.90 Å². The van der Waals surface area contributed by atoms with E-state index in [4.69, 9.17) is 0 Å². The summed E-state index contributed by atoms with van der Waals surface area (Å²) >= 11 is 0. The molecule has 3 amide bonds. The van der Waals surface area contributed by atoms with E-state index in [-0.39, 0.29) is 17.9 Å². The molecule has 0 spiro atoms. The summed E-state index contributed by atoms with van der Waals surface area (Å²) in [5.41, 5.74) is 2.80. The Balaban J connectivity index is 1.30. The molecule has 3 aromatic rings. The molecule has 1 atom stereocenters. The average molecular weight is 406 g/mol. The van der Waals surface area contributed by atoms with Gasteiger partial charge in [-0.2, -0.15) is 0 Å². The van der Waals surface area contributed by atoms with Crippen molar-refractivity contribution in [1.82, 2.24) is 19.8 Å². The summed E-state index contributed by atoms with van der Waals surface area (Å²) in [5, 5.41) is 5.95. The number of carbonyl (C=O) groups excluding carboxylic acids is 2. The van der Waals surface area contributed by atoms with Gasteiger partial charge >= 0.3 is 6.03 Å². The highest BCUT2D eigenvalue weighted by Gasteiger charge is 2.28. The van der Waals surface area contributed by atoms with E-state index in [1.165, 1.54) is 0 Å². The molecule has 7 nitrogen and oxygen atoms in total. The molecule has 30 heavy (non-hydrogen) atoms. The van der Waals surface area contributed by atoms with E-state index < -0.39 is 0 Å². The summed E-state index contributed by atoms with van der Waals surface area (Å²) in [6, 6.07) is 17.2. The van der Waals surface area contributed by atoms with E-state index in [9.17, 15) is 9.59 Å². The first-order valence-electron chi connectivity index (χ1n) is 10.4. The molecule has 0 radical (unpaired) electrons. The van der Waals surface area contributed by atoms with Gasteiger partial charge in [-0.05, 0) is 44.0 Å². The number of piperidine rings is 1. The van der Waals surface area contributed by atoms with Crippen molar-refractivity contribution in [3.63, 3.8) is 0 Å². The van der Waals surface area contributed by atoms with Gasteiger partial charge in [-0.25, -0.2) is 9.78 Å². The number of anilines is 1. The van der Waals surface area contributed by atoms with Crippen molar-refractivity contribution >= 4 is 28.7 Å². The SMILES string of the molecule is Cc1nc2ccccc2n1CCNC(=O)C1CCCN(C(=O)Nc2ccccc2)C1. The van der Waals surface area contributed by atoms with Crippen LogP contribution < -0.4 is 10.6 Å². The minimum absolute atomic E-state index is 0.00860. The number of para-hydroxylation sites is 3. The van der Waals surface area contributed by atoms with Crippen molar-refractivity contribution in [2.24, 2.45) is 5.92 Å². The van der Waals surface area contributed by atoms with Crippen LogP contribution in [0.2, 0.25) is 0 Å². The number of hydrogen-bond acceptors (Lipinski definition) is 3. The predicted octanol–water partition coefficient (Wildman–Crippen LogP) is 3.41. The second kappa shape index (κ2) is 8.98. The van der Waals surface area contributed by atoms with E-state index in [0.29, 0.717) is 26.2 Å². The second-order valence-electron chi connectivity index (χ2n) is 7.67. The van der Waals surface area contributed by atoms with Gasteiger partial charge in [0, 0.05) is 31.9 Å². The van der Waals surface area contributed by atoms with Gasteiger partial charge in [0.05, 0.1) is 17.0 Å². The number of rotatable bonds is 5. The van der Waals surface area contributed by atoms with Gasteiger partial charge in [-0.1, -0.05) is 30.3 Å². The van der Waals surface area contributed by atoms with Crippen LogP contribution in [0.25, 0.3) is 11.0 Å². The maximum absolute atomic E-state index is 12.7. The summed E-state index contributed by atoms with van der Waals surface area (Å²) in [5.74, 6) is 0.766. The monoisotopic (exact) mass is 405 g/mol. The maximum Gasteiger partial charge on any atom is 0.321 e. The van der Waals surface area contributed by atoms with E-state index in [1.807, 2.05) is 61.5 Å². The van der Waals surface area contributed by atoms with Gasteiger partial charge in [-0.3, -0.25) is 4.79 Å². The first kappa shape index (κ1) is 19.9. The predicted molar refractivity (Wildman–Crippen MR) is 117 cm³/mol. The number of aryl methyl sites for hydroxylation is 1. The zero-order chi connectivity index (χ0) is 20.9. The lowest BCUT2D eigenvalue weighted by atomic mass is 9.97. The molecule has 0 bridgehead atoms. The standard InChI is InChI=1S/C23H27N5O2/c1-17-25-20-11-5-6-12-21(20)28(17)15-13-24-22(29)18-8-7-14-27(16-18)23(30)26-19-9-3-2-4-10-19/h2-6,9-12,18H,7-8,13-16H2,1H3,(H,24,29)(H,26,30). The molecule has 1 saturated heterocycles. The Morgan fingerprint density at radius 1 is 1.10 bits per heavy atom. The molecule has 2 aromatic carbocycles. The quantitative estimate of drug-likeness (QED) is 0.683. The molecule has 4 rings (SSSR count). The lowest BCUT2D eigenvalue weighted by Crippen LogP contribution is -2.47. The van der Waals surface area contributed by atoms with Crippen molar-refractivity contribution < 1.29 is 9.59 Å². The van der Waals surface area contributed by atoms with E-state index >= 15 is 0 Å². The number of carbonyl (C=O) groups is 2. The van der Waals surface area contributed by atoms with E-state index in [0.717, 1.165) is 35.4 Å². The summed E-state index contributed by atoms with van der Waals surface area (Å²) in [6.07, 6.45) is 1.62. The summed E-state index contributed by atoms with van der Waals surface area (Å²) < 4.78 is 2.12. The highest BCUT2D eigenvalue weighted by molar-refractivity contribution is 5.90. The molecule has 7 heteroatoms. The third-order valence-electron chi connectivity index (χ3n) is 5.58. The van der Waals surface area contributed by atoms with Gasteiger partial charge in [0.1, 0.15) is 5.82 Å². The van der Waals surface area contributed by atoms with E-state index in [2.05, 4.69) is 20.2 Å². The number of urea groups is 1. The third kappa shape index (κ3) is 4.45. The Hall–Kier alpha value is -3.35. The second-order valence-corrected chi connectivity index (χ2v) is 7.67. The summed E-state index contributed by atoms with van der Waals surface area (Å²) in [6.45, 7) is 4.29. The normalized spacial score (nSPS) is 16.4. The topological polar surface area (TPSA) is 79.3 Å². The van der Waals surface area contributed by atoms with Crippen LogP contribution in [0.15, 0.2) is 54.6 Å². The molecule has 2 heterocycles. The molecule has 1 aromatic heterocycles. The average Bonchev–Trinajstić information content (AvgIpc) is 3.09. The fraction of sp³-hybridized carbons (Fsp3) is 0.348. The number of fused-ring (bicyclic) bond motifs is 1. The van der Waals surface area contributed by atoms with Crippen LogP contribution in [0, 0.1) is 12.8 Å². The third-order valence-corrected chi connectivity index (χ3v) is 5.58. The Bertz CT molecular complexity index is 1030. The van der Waals surface area contributed by atoms with Gasteiger partial charge in [0.2, 0.25) is 5.91 Å². The molecule has 1 fully saturated rings. The van der Waals surface area contributed by atoms with Crippen LogP contribution >= 0.6 is 0 Å². The Kier molecular flexibility index (Phi) is 5.97. The first-order chi connectivity index (χ1) is 14.6. The minimum Gasteiger partial charge on any atom is -0.354 e. The molecule has 1 aliphatic rings.